The standard InChI is InChI=1S/C20H22N6O2S2/c27-20(26-7-9-28-10-8-26)25-5-3-24(4-6-25)19-22-13-16(15-1-11-29-14-15)17(23-19)18-21-2-12-30-18/h1-2,11-14H,3-10H2. The van der Waals surface area contributed by atoms with Crippen molar-refractivity contribution in [3.63, 3.8) is 0 Å². The molecule has 3 aromatic rings. The Balaban J connectivity index is 1.33. The number of hydrogen-bond donors (Lipinski definition) is 0. The fourth-order valence-electron chi connectivity index (χ4n) is 3.71. The number of aromatic nitrogens is 3. The van der Waals surface area contributed by atoms with Gasteiger partial charge in [0, 0.05) is 62.6 Å². The quantitative estimate of drug-likeness (QED) is 0.621. The van der Waals surface area contributed by atoms with Crippen LogP contribution in [0.15, 0.2) is 34.6 Å². The van der Waals surface area contributed by atoms with Crippen molar-refractivity contribution >= 4 is 34.7 Å². The van der Waals surface area contributed by atoms with Gasteiger partial charge < -0.3 is 19.4 Å². The number of nitrogens with zero attached hydrogens (tertiary/aromatic N) is 6. The Hall–Kier alpha value is -2.56. The number of amides is 2. The number of hydrogen-bond acceptors (Lipinski definition) is 8. The van der Waals surface area contributed by atoms with E-state index in [9.17, 15) is 4.79 Å². The first kappa shape index (κ1) is 19.4. The van der Waals surface area contributed by atoms with Crippen molar-refractivity contribution in [2.45, 2.75) is 0 Å². The third-order valence-corrected chi connectivity index (χ3v) is 6.82. The summed E-state index contributed by atoms with van der Waals surface area (Å²) < 4.78 is 5.35. The zero-order valence-corrected chi connectivity index (χ0v) is 18.1. The van der Waals surface area contributed by atoms with E-state index >= 15 is 0 Å². The minimum Gasteiger partial charge on any atom is -0.378 e. The maximum absolute atomic E-state index is 12.7. The lowest BCUT2D eigenvalue weighted by molar-refractivity contribution is 0.0428. The first-order chi connectivity index (χ1) is 14.8. The van der Waals surface area contributed by atoms with Gasteiger partial charge in [-0.3, -0.25) is 0 Å². The number of piperazine rings is 1. The Kier molecular flexibility index (Phi) is 5.60. The second-order valence-electron chi connectivity index (χ2n) is 7.14. The molecule has 0 saturated carbocycles. The lowest BCUT2D eigenvalue weighted by atomic mass is 10.1. The smallest absolute Gasteiger partial charge is 0.320 e. The number of morpholine rings is 1. The molecular weight excluding hydrogens is 420 g/mol. The number of thiophene rings is 1. The van der Waals surface area contributed by atoms with Gasteiger partial charge in [0.1, 0.15) is 10.7 Å². The van der Waals surface area contributed by atoms with E-state index in [0.29, 0.717) is 58.4 Å². The minimum atomic E-state index is 0.107. The average molecular weight is 443 g/mol. The molecule has 0 bridgehead atoms. The molecule has 2 saturated heterocycles. The van der Waals surface area contributed by atoms with Crippen LogP contribution in [0, 0.1) is 0 Å². The van der Waals surface area contributed by atoms with Gasteiger partial charge in [-0.2, -0.15) is 11.3 Å². The molecule has 10 heteroatoms. The largest absolute Gasteiger partial charge is 0.378 e. The molecule has 0 aliphatic carbocycles. The van der Waals surface area contributed by atoms with Crippen LogP contribution in [0.4, 0.5) is 10.7 Å². The summed E-state index contributed by atoms with van der Waals surface area (Å²) in [7, 11) is 0. The Morgan fingerprint density at radius 3 is 2.50 bits per heavy atom. The number of anilines is 1. The van der Waals surface area contributed by atoms with E-state index in [-0.39, 0.29) is 6.03 Å². The van der Waals surface area contributed by atoms with Gasteiger partial charge in [0.2, 0.25) is 5.95 Å². The molecule has 30 heavy (non-hydrogen) atoms. The van der Waals surface area contributed by atoms with Crippen LogP contribution in [0.2, 0.25) is 0 Å². The molecular formula is C20H22N6O2S2. The van der Waals surface area contributed by atoms with Crippen LogP contribution in [0.25, 0.3) is 21.8 Å². The molecule has 2 aliphatic rings. The fraction of sp³-hybridized carbons (Fsp3) is 0.400. The number of thiazole rings is 1. The van der Waals surface area contributed by atoms with Crippen molar-refractivity contribution < 1.29 is 9.53 Å². The first-order valence-corrected chi connectivity index (χ1v) is 11.8. The summed E-state index contributed by atoms with van der Waals surface area (Å²) in [5.74, 6) is 0.692. The van der Waals surface area contributed by atoms with E-state index in [1.807, 2.05) is 21.4 Å². The van der Waals surface area contributed by atoms with E-state index in [1.54, 1.807) is 28.9 Å². The van der Waals surface area contributed by atoms with Crippen molar-refractivity contribution in [3.05, 3.63) is 34.6 Å². The lowest BCUT2D eigenvalue weighted by Gasteiger charge is -2.38. The number of carbonyl (C=O) groups excluding carboxylic acids is 1. The minimum absolute atomic E-state index is 0.107. The van der Waals surface area contributed by atoms with Gasteiger partial charge in [-0.15, -0.1) is 11.3 Å². The zero-order chi connectivity index (χ0) is 20.3. The third-order valence-electron chi connectivity index (χ3n) is 5.36. The Bertz CT molecular complexity index is 981. The predicted octanol–water partition coefficient (Wildman–Crippen LogP) is 2.90. The maximum atomic E-state index is 12.7. The number of urea groups is 1. The lowest BCUT2D eigenvalue weighted by Crippen LogP contribution is -2.55. The molecule has 0 unspecified atom stereocenters. The number of rotatable bonds is 3. The topological polar surface area (TPSA) is 74.7 Å². The normalized spacial score (nSPS) is 17.4. The van der Waals surface area contributed by atoms with Crippen molar-refractivity contribution in [1.82, 2.24) is 24.8 Å². The van der Waals surface area contributed by atoms with Crippen LogP contribution < -0.4 is 4.90 Å². The van der Waals surface area contributed by atoms with Gasteiger partial charge in [0.15, 0.2) is 0 Å². The van der Waals surface area contributed by atoms with Crippen molar-refractivity contribution in [3.8, 4) is 21.8 Å². The van der Waals surface area contributed by atoms with Crippen LogP contribution in [0.5, 0.6) is 0 Å². The second-order valence-corrected chi connectivity index (χ2v) is 8.81. The van der Waals surface area contributed by atoms with E-state index in [4.69, 9.17) is 9.72 Å². The van der Waals surface area contributed by atoms with E-state index in [2.05, 4.69) is 31.7 Å². The summed E-state index contributed by atoms with van der Waals surface area (Å²) in [6.07, 6.45) is 3.70. The summed E-state index contributed by atoms with van der Waals surface area (Å²) in [5.41, 5.74) is 2.97. The first-order valence-electron chi connectivity index (χ1n) is 9.95. The van der Waals surface area contributed by atoms with Crippen LogP contribution in [0.3, 0.4) is 0 Å². The molecule has 2 amide bonds. The van der Waals surface area contributed by atoms with Crippen LogP contribution in [-0.4, -0.2) is 83.3 Å². The zero-order valence-electron chi connectivity index (χ0n) is 16.4. The maximum Gasteiger partial charge on any atom is 0.320 e. The van der Waals surface area contributed by atoms with Gasteiger partial charge in [-0.1, -0.05) is 0 Å². The van der Waals surface area contributed by atoms with Gasteiger partial charge in [-0.05, 0) is 22.4 Å². The average Bonchev–Trinajstić information content (AvgIpc) is 3.53. The Labute approximate surface area is 182 Å². The number of carbonyl (C=O) groups is 1. The van der Waals surface area contributed by atoms with E-state index in [0.717, 1.165) is 21.8 Å². The van der Waals surface area contributed by atoms with E-state index < -0.39 is 0 Å². The highest BCUT2D eigenvalue weighted by molar-refractivity contribution is 7.13. The fourth-order valence-corrected chi connectivity index (χ4v) is 5.01. The van der Waals surface area contributed by atoms with Gasteiger partial charge in [-0.25, -0.2) is 19.7 Å². The molecule has 2 fully saturated rings. The Morgan fingerprint density at radius 2 is 1.80 bits per heavy atom. The van der Waals surface area contributed by atoms with Crippen molar-refractivity contribution in [2.24, 2.45) is 0 Å². The monoisotopic (exact) mass is 442 g/mol. The summed E-state index contributed by atoms with van der Waals surface area (Å²) in [6.45, 7) is 5.34. The molecule has 3 aromatic heterocycles. The molecule has 0 atom stereocenters. The molecule has 0 aromatic carbocycles. The molecule has 0 spiro atoms. The van der Waals surface area contributed by atoms with E-state index in [1.165, 1.54) is 0 Å². The molecule has 5 rings (SSSR count). The van der Waals surface area contributed by atoms with Gasteiger partial charge >= 0.3 is 6.03 Å². The van der Waals surface area contributed by atoms with Crippen LogP contribution in [0.1, 0.15) is 0 Å². The van der Waals surface area contributed by atoms with Crippen LogP contribution in [-0.2, 0) is 4.74 Å². The highest BCUT2D eigenvalue weighted by Crippen LogP contribution is 2.33. The summed E-state index contributed by atoms with van der Waals surface area (Å²) in [5, 5.41) is 7.01. The van der Waals surface area contributed by atoms with Crippen molar-refractivity contribution in [2.75, 3.05) is 57.4 Å². The molecule has 5 heterocycles. The molecule has 8 nitrogen and oxygen atoms in total. The molecule has 2 aliphatic heterocycles. The molecule has 0 radical (unpaired) electrons. The predicted molar refractivity (Wildman–Crippen MR) is 118 cm³/mol. The summed E-state index contributed by atoms with van der Waals surface area (Å²) >= 11 is 3.23. The Morgan fingerprint density at radius 1 is 1.00 bits per heavy atom. The van der Waals surface area contributed by atoms with Crippen molar-refractivity contribution in [1.29, 1.82) is 0 Å². The number of ether oxygens (including phenoxy) is 1. The molecule has 156 valence electrons. The highest BCUT2D eigenvalue weighted by atomic mass is 32.1. The summed E-state index contributed by atoms with van der Waals surface area (Å²) in [4.78, 5) is 32.7. The summed E-state index contributed by atoms with van der Waals surface area (Å²) in [6, 6.07) is 2.19. The van der Waals surface area contributed by atoms with Gasteiger partial charge in [0.05, 0.1) is 13.2 Å². The molecule has 0 N–H and O–H groups in total. The van der Waals surface area contributed by atoms with Crippen LogP contribution >= 0.6 is 22.7 Å². The second kappa shape index (κ2) is 8.66. The third kappa shape index (κ3) is 3.90. The highest BCUT2D eigenvalue weighted by Gasteiger charge is 2.27. The van der Waals surface area contributed by atoms with Gasteiger partial charge in [0.25, 0.3) is 0 Å². The SMILES string of the molecule is O=C(N1CCOCC1)N1CCN(c2ncc(-c3ccsc3)c(-c3nccs3)n2)CC1.